The van der Waals surface area contributed by atoms with Gasteiger partial charge in [-0.15, -0.1) is 0 Å². The molecule has 0 fully saturated rings. The summed E-state index contributed by atoms with van der Waals surface area (Å²) < 4.78 is 0. The molecule has 0 aliphatic rings. The summed E-state index contributed by atoms with van der Waals surface area (Å²) in [6.45, 7) is 1.29. The van der Waals surface area contributed by atoms with Crippen LogP contribution in [0.4, 0.5) is 5.69 Å². The maximum atomic E-state index is 10.9. The van der Waals surface area contributed by atoms with Gasteiger partial charge in [0.2, 0.25) is 5.75 Å². The minimum absolute atomic E-state index is 0.192. The van der Waals surface area contributed by atoms with E-state index < -0.39 is 10.6 Å². The van der Waals surface area contributed by atoms with Crippen molar-refractivity contribution in [3.05, 3.63) is 33.9 Å². The summed E-state index contributed by atoms with van der Waals surface area (Å²) in [6.07, 6.45) is 0. The van der Waals surface area contributed by atoms with E-state index in [1.165, 1.54) is 13.0 Å². The molecule has 1 N–H and O–H groups in total. The molecule has 0 aliphatic carbocycles. The highest BCUT2D eigenvalue weighted by Gasteiger charge is 2.17. The van der Waals surface area contributed by atoms with Gasteiger partial charge in [-0.05, 0) is 19.1 Å². The number of ketones is 1. The topological polar surface area (TPSA) is 89.7 Å². The van der Waals surface area contributed by atoms with Crippen LogP contribution in [-0.4, -0.2) is 16.0 Å². The van der Waals surface area contributed by atoms with E-state index in [-0.39, 0.29) is 17.1 Å². The summed E-state index contributed by atoms with van der Waals surface area (Å²) in [5.41, 5.74) is -0.252. The van der Waals surface area contributed by atoms with Crippen LogP contribution in [0.3, 0.4) is 0 Å². The highest BCUT2D eigenvalue weighted by molar-refractivity contribution is 5.95. The maximum Gasteiger partial charge on any atom is 0.315 e. The highest BCUT2D eigenvalue weighted by atomic mass is 17.1. The van der Waals surface area contributed by atoms with E-state index in [1.54, 1.807) is 0 Å². The number of carbonyl (C=O) groups excluding carboxylic acids is 1. The van der Waals surface area contributed by atoms with Crippen LogP contribution < -0.4 is 4.89 Å². The van der Waals surface area contributed by atoms with Gasteiger partial charge in [-0.3, -0.25) is 14.9 Å². The number of nitrogens with zero attached hydrogens (tertiary/aromatic N) is 1. The molecule has 0 atom stereocenters. The number of Topliss-reactive ketones (excluding diaryl/α,β-unsaturated/α-hetero) is 1. The number of hydrogen-bond acceptors (Lipinski definition) is 5. The lowest BCUT2D eigenvalue weighted by molar-refractivity contribution is -0.387. The Balaban J connectivity index is 3.27. The van der Waals surface area contributed by atoms with Crippen molar-refractivity contribution in [2.24, 2.45) is 0 Å². The van der Waals surface area contributed by atoms with Crippen LogP contribution in [-0.2, 0) is 0 Å². The molecule has 0 spiro atoms. The van der Waals surface area contributed by atoms with E-state index in [0.717, 1.165) is 12.1 Å². The lowest BCUT2D eigenvalue weighted by Crippen LogP contribution is -1.98. The Bertz CT molecular complexity index is 387. The molecule has 0 radical (unpaired) electrons. The standard InChI is InChI=1S/C8H7NO5/c1-5(10)6-2-3-8(14-13)7(4-6)9(11)12/h2-4,13H,1H3. The maximum absolute atomic E-state index is 10.9. The van der Waals surface area contributed by atoms with Gasteiger partial charge < -0.3 is 4.89 Å². The molecule has 1 aromatic rings. The summed E-state index contributed by atoms with van der Waals surface area (Å²) in [5, 5.41) is 18.8. The fourth-order valence-electron chi connectivity index (χ4n) is 0.956. The van der Waals surface area contributed by atoms with Crippen LogP contribution in [0.15, 0.2) is 18.2 Å². The Morgan fingerprint density at radius 3 is 2.64 bits per heavy atom. The zero-order valence-electron chi connectivity index (χ0n) is 7.26. The quantitative estimate of drug-likeness (QED) is 0.344. The first-order valence-electron chi connectivity index (χ1n) is 3.67. The van der Waals surface area contributed by atoms with Crippen molar-refractivity contribution in [2.45, 2.75) is 6.92 Å². The molecule has 0 bridgehead atoms. The number of carbonyl (C=O) groups is 1. The predicted octanol–water partition coefficient (Wildman–Crippen LogP) is 1.65. The predicted molar refractivity (Wildman–Crippen MR) is 46.4 cm³/mol. The summed E-state index contributed by atoms with van der Waals surface area (Å²) in [7, 11) is 0. The summed E-state index contributed by atoms with van der Waals surface area (Å²) >= 11 is 0. The average molecular weight is 197 g/mol. The normalized spacial score (nSPS) is 9.57. The summed E-state index contributed by atoms with van der Waals surface area (Å²) in [6, 6.07) is 3.55. The van der Waals surface area contributed by atoms with Gasteiger partial charge in [0.1, 0.15) is 0 Å². The molecule has 0 saturated carbocycles. The first kappa shape index (κ1) is 10.1. The molecule has 6 heteroatoms. The second kappa shape index (κ2) is 3.84. The van der Waals surface area contributed by atoms with Crippen molar-refractivity contribution in [2.75, 3.05) is 0 Å². The fourth-order valence-corrected chi connectivity index (χ4v) is 0.956. The van der Waals surface area contributed by atoms with Gasteiger partial charge in [-0.1, -0.05) is 0 Å². The Kier molecular flexibility index (Phi) is 2.78. The largest absolute Gasteiger partial charge is 0.333 e. The lowest BCUT2D eigenvalue weighted by atomic mass is 10.1. The number of benzene rings is 1. The van der Waals surface area contributed by atoms with Crippen LogP contribution in [0.2, 0.25) is 0 Å². The summed E-state index contributed by atoms with van der Waals surface area (Å²) in [4.78, 5) is 24.4. The molecule has 0 saturated heterocycles. The third-order valence-corrected chi connectivity index (χ3v) is 1.66. The first-order valence-corrected chi connectivity index (χ1v) is 3.67. The number of rotatable bonds is 3. The van der Waals surface area contributed by atoms with Gasteiger partial charge in [0, 0.05) is 11.6 Å². The van der Waals surface area contributed by atoms with E-state index in [4.69, 9.17) is 5.26 Å². The van der Waals surface area contributed by atoms with E-state index >= 15 is 0 Å². The zero-order chi connectivity index (χ0) is 10.7. The van der Waals surface area contributed by atoms with Gasteiger partial charge in [0.05, 0.1) is 4.92 Å². The molecule has 74 valence electrons. The van der Waals surface area contributed by atoms with Crippen LogP contribution in [0, 0.1) is 10.1 Å². The van der Waals surface area contributed by atoms with E-state index in [2.05, 4.69) is 4.89 Å². The van der Waals surface area contributed by atoms with Gasteiger partial charge in [-0.25, -0.2) is 5.26 Å². The molecular weight excluding hydrogens is 190 g/mol. The smallest absolute Gasteiger partial charge is 0.315 e. The van der Waals surface area contributed by atoms with E-state index in [0.29, 0.717) is 0 Å². The van der Waals surface area contributed by atoms with Crippen molar-refractivity contribution in [3.63, 3.8) is 0 Å². The SMILES string of the molecule is CC(=O)c1ccc(OO)c([N+](=O)[O-])c1. The molecule has 0 amide bonds. The van der Waals surface area contributed by atoms with Gasteiger partial charge >= 0.3 is 5.69 Å². The molecule has 6 nitrogen and oxygen atoms in total. The first-order chi connectivity index (χ1) is 6.56. The minimum Gasteiger partial charge on any atom is -0.333 e. The Labute approximate surface area is 78.8 Å². The van der Waals surface area contributed by atoms with Gasteiger partial charge in [-0.2, -0.15) is 0 Å². The van der Waals surface area contributed by atoms with E-state index in [1.807, 2.05) is 0 Å². The van der Waals surface area contributed by atoms with Crippen LogP contribution in [0.1, 0.15) is 17.3 Å². The zero-order valence-corrected chi connectivity index (χ0v) is 7.26. The van der Waals surface area contributed by atoms with Crippen LogP contribution >= 0.6 is 0 Å². The van der Waals surface area contributed by atoms with Crippen LogP contribution in [0.25, 0.3) is 0 Å². The van der Waals surface area contributed by atoms with Crippen molar-refractivity contribution < 1.29 is 19.9 Å². The van der Waals surface area contributed by atoms with Crippen molar-refractivity contribution >= 4 is 11.5 Å². The van der Waals surface area contributed by atoms with Gasteiger partial charge in [0.15, 0.2) is 5.78 Å². The van der Waals surface area contributed by atoms with Crippen LogP contribution in [0.5, 0.6) is 5.75 Å². The molecule has 0 aliphatic heterocycles. The molecule has 14 heavy (non-hydrogen) atoms. The lowest BCUT2D eigenvalue weighted by Gasteiger charge is -2.00. The Morgan fingerprint density at radius 2 is 2.21 bits per heavy atom. The number of nitro benzene ring substituents is 1. The molecule has 1 rings (SSSR count). The second-order valence-electron chi connectivity index (χ2n) is 2.59. The van der Waals surface area contributed by atoms with Gasteiger partial charge in [0.25, 0.3) is 0 Å². The average Bonchev–Trinajstić information content (AvgIpc) is 2.16. The van der Waals surface area contributed by atoms with Crippen molar-refractivity contribution in [3.8, 4) is 5.75 Å². The fraction of sp³-hybridized carbons (Fsp3) is 0.125. The third kappa shape index (κ3) is 1.86. The Morgan fingerprint density at radius 1 is 1.57 bits per heavy atom. The second-order valence-corrected chi connectivity index (χ2v) is 2.59. The third-order valence-electron chi connectivity index (χ3n) is 1.66. The molecule has 0 aromatic heterocycles. The number of nitro groups is 1. The number of hydrogen-bond donors (Lipinski definition) is 1. The molecule has 0 unspecified atom stereocenters. The van der Waals surface area contributed by atoms with E-state index in [9.17, 15) is 14.9 Å². The molecule has 0 heterocycles. The minimum atomic E-state index is -0.738. The Hall–Kier alpha value is -1.95. The molecule has 1 aromatic carbocycles. The monoisotopic (exact) mass is 197 g/mol. The van der Waals surface area contributed by atoms with Crippen molar-refractivity contribution in [1.82, 2.24) is 0 Å². The molecular formula is C8H7NO5. The highest BCUT2D eigenvalue weighted by Crippen LogP contribution is 2.27. The summed E-state index contributed by atoms with van der Waals surface area (Å²) in [5.74, 6) is -0.586. The van der Waals surface area contributed by atoms with Crippen molar-refractivity contribution in [1.29, 1.82) is 0 Å².